The molecule has 5 nitrogen and oxygen atoms in total. The van der Waals surface area contributed by atoms with E-state index in [1.807, 2.05) is 79.7 Å². The Kier molecular flexibility index (Phi) is 5.77. The Hall–Kier alpha value is -3.25. The van der Waals surface area contributed by atoms with Gasteiger partial charge in [-0.25, -0.2) is 0 Å². The average molecular weight is 419 g/mol. The Balaban J connectivity index is 1.51. The zero-order chi connectivity index (χ0) is 21.1. The summed E-state index contributed by atoms with van der Waals surface area (Å²) in [6.45, 7) is 1.99. The summed E-state index contributed by atoms with van der Waals surface area (Å²) in [5, 5.41) is 2.80. The van der Waals surface area contributed by atoms with Crippen LogP contribution < -0.4 is 15.0 Å². The van der Waals surface area contributed by atoms with Crippen LogP contribution in [0.3, 0.4) is 0 Å². The number of carbonyl (C=O) groups is 2. The average Bonchev–Trinajstić information content (AvgIpc) is 3.16. The van der Waals surface area contributed by atoms with E-state index < -0.39 is 0 Å². The number of methoxy groups -OCH3 is 1. The smallest absolute Gasteiger partial charge is 0.255 e. The molecule has 0 saturated carbocycles. The highest BCUT2D eigenvalue weighted by Gasteiger charge is 2.34. The SMILES string of the molecule is COc1cccc(N2C(=O)CS[C@H]2c2ccc(NC(=O)c3ccc(C)cc3)cc2)c1. The second-order valence-electron chi connectivity index (χ2n) is 7.07. The molecule has 30 heavy (non-hydrogen) atoms. The van der Waals surface area contributed by atoms with Crippen molar-refractivity contribution in [2.75, 3.05) is 23.1 Å². The van der Waals surface area contributed by atoms with Crippen LogP contribution in [0, 0.1) is 6.92 Å². The number of carbonyl (C=O) groups excluding carboxylic acids is 2. The van der Waals surface area contributed by atoms with Gasteiger partial charge in [0.2, 0.25) is 5.91 Å². The first-order valence-corrected chi connectivity index (χ1v) is 10.7. The van der Waals surface area contributed by atoms with E-state index in [1.54, 1.807) is 23.8 Å². The third kappa shape index (κ3) is 4.19. The molecule has 0 spiro atoms. The molecule has 3 aromatic rings. The van der Waals surface area contributed by atoms with Gasteiger partial charge in [-0.05, 0) is 48.9 Å². The van der Waals surface area contributed by atoms with Crippen molar-refractivity contribution >= 4 is 35.0 Å². The molecule has 1 aliphatic heterocycles. The third-order valence-corrected chi connectivity index (χ3v) is 6.18. The molecule has 2 amide bonds. The van der Waals surface area contributed by atoms with Crippen LogP contribution in [0.25, 0.3) is 0 Å². The number of anilines is 2. The number of benzene rings is 3. The number of nitrogens with one attached hydrogen (secondary N) is 1. The molecule has 1 aliphatic rings. The van der Waals surface area contributed by atoms with Gasteiger partial charge in [0, 0.05) is 23.0 Å². The zero-order valence-corrected chi connectivity index (χ0v) is 17.6. The molecule has 1 heterocycles. The molecule has 0 radical (unpaired) electrons. The van der Waals surface area contributed by atoms with Gasteiger partial charge in [0.25, 0.3) is 5.91 Å². The zero-order valence-electron chi connectivity index (χ0n) is 16.8. The predicted molar refractivity (Wildman–Crippen MR) is 121 cm³/mol. The lowest BCUT2D eigenvalue weighted by molar-refractivity contribution is -0.115. The van der Waals surface area contributed by atoms with Gasteiger partial charge in [-0.15, -0.1) is 11.8 Å². The fourth-order valence-corrected chi connectivity index (χ4v) is 4.53. The topological polar surface area (TPSA) is 58.6 Å². The molecule has 3 aromatic carbocycles. The number of ether oxygens (including phenoxy) is 1. The van der Waals surface area contributed by atoms with Crippen LogP contribution in [-0.2, 0) is 4.79 Å². The highest BCUT2D eigenvalue weighted by molar-refractivity contribution is 8.00. The molecule has 1 fully saturated rings. The van der Waals surface area contributed by atoms with E-state index in [-0.39, 0.29) is 17.2 Å². The molecule has 152 valence electrons. The van der Waals surface area contributed by atoms with Crippen LogP contribution in [0.4, 0.5) is 11.4 Å². The van der Waals surface area contributed by atoms with Crippen molar-refractivity contribution in [3.8, 4) is 5.75 Å². The van der Waals surface area contributed by atoms with Gasteiger partial charge in [0.05, 0.1) is 12.9 Å². The Labute approximate surface area is 180 Å². The van der Waals surface area contributed by atoms with Crippen molar-refractivity contribution < 1.29 is 14.3 Å². The fourth-order valence-electron chi connectivity index (χ4n) is 3.35. The Morgan fingerprint density at radius 3 is 2.50 bits per heavy atom. The summed E-state index contributed by atoms with van der Waals surface area (Å²) in [7, 11) is 1.61. The summed E-state index contributed by atoms with van der Waals surface area (Å²) in [5.74, 6) is 1.06. The second kappa shape index (κ2) is 8.63. The van der Waals surface area contributed by atoms with Gasteiger partial charge in [0.1, 0.15) is 11.1 Å². The summed E-state index contributed by atoms with van der Waals surface area (Å²) in [5.41, 5.74) is 4.26. The molecular formula is C24H22N2O3S. The van der Waals surface area contributed by atoms with Crippen LogP contribution in [-0.4, -0.2) is 24.7 Å². The summed E-state index contributed by atoms with van der Waals surface area (Å²) >= 11 is 1.59. The van der Waals surface area contributed by atoms with Crippen LogP contribution in [0.1, 0.15) is 26.9 Å². The number of amides is 2. The molecule has 4 rings (SSSR count). The first kappa shape index (κ1) is 20.0. The van der Waals surface area contributed by atoms with Crippen molar-refractivity contribution in [1.29, 1.82) is 0 Å². The summed E-state index contributed by atoms with van der Waals surface area (Å²) < 4.78 is 5.30. The van der Waals surface area contributed by atoms with E-state index in [4.69, 9.17) is 4.74 Å². The van der Waals surface area contributed by atoms with Crippen LogP contribution in [0.2, 0.25) is 0 Å². The van der Waals surface area contributed by atoms with Crippen molar-refractivity contribution in [1.82, 2.24) is 0 Å². The van der Waals surface area contributed by atoms with Gasteiger partial charge in [-0.3, -0.25) is 14.5 Å². The van der Waals surface area contributed by atoms with Gasteiger partial charge in [-0.2, -0.15) is 0 Å². The Morgan fingerprint density at radius 2 is 1.80 bits per heavy atom. The normalized spacial score (nSPS) is 15.9. The quantitative estimate of drug-likeness (QED) is 0.631. The lowest BCUT2D eigenvalue weighted by atomic mass is 10.1. The van der Waals surface area contributed by atoms with E-state index in [9.17, 15) is 9.59 Å². The van der Waals surface area contributed by atoms with Crippen molar-refractivity contribution in [3.63, 3.8) is 0 Å². The molecule has 1 saturated heterocycles. The first-order valence-electron chi connectivity index (χ1n) is 9.61. The monoisotopic (exact) mass is 418 g/mol. The summed E-state index contributed by atoms with van der Waals surface area (Å²) in [6, 6.07) is 22.6. The van der Waals surface area contributed by atoms with Crippen molar-refractivity contribution in [2.24, 2.45) is 0 Å². The maximum Gasteiger partial charge on any atom is 0.255 e. The minimum absolute atomic E-state index is 0.0648. The standard InChI is InChI=1S/C24H22N2O3S/c1-16-6-8-17(9-7-16)23(28)25-19-12-10-18(11-13-19)24-26(22(27)15-30-24)20-4-3-5-21(14-20)29-2/h3-14,24H,15H2,1-2H3,(H,25,28)/t24-/m0/s1. The summed E-state index contributed by atoms with van der Waals surface area (Å²) in [6.07, 6.45) is 0. The lowest BCUT2D eigenvalue weighted by Crippen LogP contribution is -2.27. The number of hydrogen-bond donors (Lipinski definition) is 1. The van der Waals surface area contributed by atoms with Crippen LogP contribution in [0.15, 0.2) is 72.8 Å². The van der Waals surface area contributed by atoms with E-state index in [0.717, 1.165) is 16.8 Å². The molecule has 0 aromatic heterocycles. The highest BCUT2D eigenvalue weighted by atomic mass is 32.2. The van der Waals surface area contributed by atoms with Crippen molar-refractivity contribution in [2.45, 2.75) is 12.3 Å². The summed E-state index contributed by atoms with van der Waals surface area (Å²) in [4.78, 5) is 26.8. The fraction of sp³-hybridized carbons (Fsp3) is 0.167. The molecule has 0 aliphatic carbocycles. The molecule has 0 unspecified atom stereocenters. The number of nitrogens with zero attached hydrogens (tertiary/aromatic N) is 1. The van der Waals surface area contributed by atoms with Gasteiger partial charge < -0.3 is 10.1 Å². The first-order chi connectivity index (χ1) is 14.5. The van der Waals surface area contributed by atoms with Crippen LogP contribution >= 0.6 is 11.8 Å². The number of aryl methyl sites for hydroxylation is 1. The maximum atomic E-state index is 12.6. The minimum atomic E-state index is -0.147. The highest BCUT2D eigenvalue weighted by Crippen LogP contribution is 2.42. The largest absolute Gasteiger partial charge is 0.497 e. The van der Waals surface area contributed by atoms with Crippen molar-refractivity contribution in [3.05, 3.63) is 89.5 Å². The van der Waals surface area contributed by atoms with Gasteiger partial charge in [-0.1, -0.05) is 35.9 Å². The van der Waals surface area contributed by atoms with Gasteiger partial charge >= 0.3 is 0 Å². The number of hydrogen-bond acceptors (Lipinski definition) is 4. The minimum Gasteiger partial charge on any atom is -0.497 e. The Morgan fingerprint density at radius 1 is 1.07 bits per heavy atom. The van der Waals surface area contributed by atoms with Crippen LogP contribution in [0.5, 0.6) is 5.75 Å². The molecule has 6 heteroatoms. The van der Waals surface area contributed by atoms with E-state index >= 15 is 0 Å². The molecular weight excluding hydrogens is 396 g/mol. The maximum absolute atomic E-state index is 12.6. The lowest BCUT2D eigenvalue weighted by Gasteiger charge is -2.25. The Bertz CT molecular complexity index is 1060. The second-order valence-corrected chi connectivity index (χ2v) is 8.14. The van der Waals surface area contributed by atoms with Gasteiger partial charge in [0.15, 0.2) is 0 Å². The molecule has 0 bridgehead atoms. The van der Waals surface area contributed by atoms with E-state index in [1.165, 1.54) is 0 Å². The number of rotatable bonds is 5. The number of thioether (sulfide) groups is 1. The van der Waals surface area contributed by atoms with E-state index in [2.05, 4.69) is 5.32 Å². The third-order valence-electron chi connectivity index (χ3n) is 4.97. The van der Waals surface area contributed by atoms with E-state index in [0.29, 0.717) is 22.8 Å². The molecule has 1 atom stereocenters. The predicted octanol–water partition coefficient (Wildman–Crippen LogP) is 5.03. The molecule has 1 N–H and O–H groups in total.